The van der Waals surface area contributed by atoms with Gasteiger partial charge in [-0.15, -0.1) is 0 Å². The highest BCUT2D eigenvalue weighted by Crippen LogP contribution is 2.19. The second kappa shape index (κ2) is 4.29. The topological polar surface area (TPSA) is 38.1 Å². The molecule has 2 aromatic rings. The molecule has 4 heteroatoms. The summed E-state index contributed by atoms with van der Waals surface area (Å²) in [5.41, 5.74) is 3.32. The molecule has 0 N–H and O–H groups in total. The largest absolute Gasteiger partial charge is 0.338 e. The van der Waals surface area contributed by atoms with Crippen molar-refractivity contribution in [3.63, 3.8) is 0 Å². The van der Waals surface area contributed by atoms with Gasteiger partial charge in [0.25, 0.3) is 0 Å². The number of hydrogen-bond acceptors (Lipinski definition) is 2. The summed E-state index contributed by atoms with van der Waals surface area (Å²) < 4.78 is 1.90. The van der Waals surface area contributed by atoms with E-state index in [2.05, 4.69) is 5.10 Å². The normalized spacial score (nSPS) is 14.4. The highest BCUT2D eigenvalue weighted by molar-refractivity contribution is 5.73. The van der Waals surface area contributed by atoms with Gasteiger partial charge in [0.2, 0.25) is 5.91 Å². The SMILES string of the molecule is CC(=O)N1CCc2nn(-c3ccccc3)cc2C1. The summed E-state index contributed by atoms with van der Waals surface area (Å²) in [7, 11) is 0. The molecular weight excluding hydrogens is 226 g/mol. The quantitative estimate of drug-likeness (QED) is 0.763. The van der Waals surface area contributed by atoms with Gasteiger partial charge < -0.3 is 4.90 Å². The number of rotatable bonds is 1. The molecule has 1 aromatic carbocycles. The molecule has 0 saturated heterocycles. The Labute approximate surface area is 106 Å². The first-order valence-electron chi connectivity index (χ1n) is 6.12. The van der Waals surface area contributed by atoms with Crippen LogP contribution in [0.1, 0.15) is 18.2 Å². The van der Waals surface area contributed by atoms with Gasteiger partial charge in [-0.05, 0) is 12.1 Å². The average molecular weight is 241 g/mol. The summed E-state index contributed by atoms with van der Waals surface area (Å²) in [4.78, 5) is 13.2. The molecule has 1 aliphatic heterocycles. The zero-order chi connectivity index (χ0) is 12.5. The van der Waals surface area contributed by atoms with Crippen LogP contribution in [0.25, 0.3) is 5.69 Å². The Morgan fingerprint density at radius 3 is 2.78 bits per heavy atom. The average Bonchev–Trinajstić information content (AvgIpc) is 2.82. The number of carbonyl (C=O) groups is 1. The maximum atomic E-state index is 11.4. The summed E-state index contributed by atoms with van der Waals surface area (Å²) in [6.07, 6.45) is 2.87. The van der Waals surface area contributed by atoms with Crippen molar-refractivity contribution < 1.29 is 4.79 Å². The number of aromatic nitrogens is 2. The second-order valence-electron chi connectivity index (χ2n) is 4.57. The van der Waals surface area contributed by atoms with Gasteiger partial charge in [0.15, 0.2) is 0 Å². The van der Waals surface area contributed by atoms with E-state index in [9.17, 15) is 4.79 Å². The number of carbonyl (C=O) groups excluding carboxylic acids is 1. The maximum absolute atomic E-state index is 11.4. The molecule has 0 unspecified atom stereocenters. The predicted octanol–water partition coefficient (Wildman–Crippen LogP) is 1.78. The molecule has 0 bridgehead atoms. The molecule has 2 heterocycles. The van der Waals surface area contributed by atoms with E-state index in [1.807, 2.05) is 46.1 Å². The van der Waals surface area contributed by atoms with E-state index in [-0.39, 0.29) is 5.91 Å². The van der Waals surface area contributed by atoms with Crippen LogP contribution >= 0.6 is 0 Å². The lowest BCUT2D eigenvalue weighted by Gasteiger charge is -2.24. The van der Waals surface area contributed by atoms with Crippen LogP contribution in [-0.2, 0) is 17.8 Å². The zero-order valence-electron chi connectivity index (χ0n) is 10.3. The number of nitrogens with zero attached hydrogens (tertiary/aromatic N) is 3. The van der Waals surface area contributed by atoms with Crippen molar-refractivity contribution in [2.45, 2.75) is 19.9 Å². The minimum atomic E-state index is 0.133. The van der Waals surface area contributed by atoms with Crippen molar-refractivity contribution in [2.24, 2.45) is 0 Å². The molecule has 1 amide bonds. The molecule has 0 spiro atoms. The van der Waals surface area contributed by atoms with Gasteiger partial charge in [-0.3, -0.25) is 4.79 Å². The standard InChI is InChI=1S/C14H15N3O/c1-11(18)16-8-7-14-12(9-16)10-17(15-14)13-5-3-2-4-6-13/h2-6,10H,7-9H2,1H3. The smallest absolute Gasteiger partial charge is 0.219 e. The van der Waals surface area contributed by atoms with Crippen molar-refractivity contribution in [2.75, 3.05) is 6.54 Å². The molecule has 1 aromatic heterocycles. The van der Waals surface area contributed by atoms with Gasteiger partial charge in [-0.25, -0.2) is 4.68 Å². The van der Waals surface area contributed by atoms with Crippen LogP contribution in [-0.4, -0.2) is 27.1 Å². The Hall–Kier alpha value is -2.10. The van der Waals surface area contributed by atoms with Gasteiger partial charge in [0.1, 0.15) is 0 Å². The van der Waals surface area contributed by atoms with Crippen LogP contribution in [0.2, 0.25) is 0 Å². The molecule has 0 saturated carbocycles. The van der Waals surface area contributed by atoms with Gasteiger partial charge in [-0.2, -0.15) is 5.10 Å². The highest BCUT2D eigenvalue weighted by Gasteiger charge is 2.21. The lowest BCUT2D eigenvalue weighted by atomic mass is 10.1. The van der Waals surface area contributed by atoms with Crippen molar-refractivity contribution >= 4 is 5.91 Å². The summed E-state index contributed by atoms with van der Waals surface area (Å²) in [6.45, 7) is 3.07. The number of benzene rings is 1. The fraction of sp³-hybridized carbons (Fsp3) is 0.286. The molecule has 1 aliphatic rings. The van der Waals surface area contributed by atoms with Gasteiger partial charge in [0.05, 0.1) is 11.4 Å². The van der Waals surface area contributed by atoms with E-state index < -0.39 is 0 Å². The molecular formula is C14H15N3O. The van der Waals surface area contributed by atoms with E-state index >= 15 is 0 Å². The Kier molecular flexibility index (Phi) is 2.63. The van der Waals surface area contributed by atoms with Gasteiger partial charge in [-0.1, -0.05) is 18.2 Å². The Bertz CT molecular complexity index is 574. The Balaban J connectivity index is 1.92. The third-order valence-corrected chi connectivity index (χ3v) is 3.32. The number of para-hydroxylation sites is 1. The minimum Gasteiger partial charge on any atom is -0.338 e. The monoisotopic (exact) mass is 241 g/mol. The second-order valence-corrected chi connectivity index (χ2v) is 4.57. The molecule has 0 radical (unpaired) electrons. The van der Waals surface area contributed by atoms with Crippen molar-refractivity contribution in [1.29, 1.82) is 0 Å². The van der Waals surface area contributed by atoms with E-state index in [1.165, 1.54) is 0 Å². The first-order chi connectivity index (χ1) is 8.74. The summed E-state index contributed by atoms with van der Waals surface area (Å²) >= 11 is 0. The summed E-state index contributed by atoms with van der Waals surface area (Å²) in [5, 5.41) is 4.59. The summed E-state index contributed by atoms with van der Waals surface area (Å²) in [6, 6.07) is 10.0. The van der Waals surface area contributed by atoms with Crippen molar-refractivity contribution in [3.05, 3.63) is 47.8 Å². The number of hydrogen-bond donors (Lipinski definition) is 0. The van der Waals surface area contributed by atoms with Crippen LogP contribution in [0, 0.1) is 0 Å². The van der Waals surface area contributed by atoms with Crippen LogP contribution in [0.4, 0.5) is 0 Å². The van der Waals surface area contributed by atoms with E-state index in [1.54, 1.807) is 6.92 Å². The van der Waals surface area contributed by atoms with Crippen molar-refractivity contribution in [1.82, 2.24) is 14.7 Å². The van der Waals surface area contributed by atoms with E-state index in [0.29, 0.717) is 6.54 Å². The van der Waals surface area contributed by atoms with Crippen LogP contribution in [0.15, 0.2) is 36.5 Å². The Morgan fingerprint density at radius 1 is 1.28 bits per heavy atom. The van der Waals surface area contributed by atoms with Crippen LogP contribution < -0.4 is 0 Å². The van der Waals surface area contributed by atoms with E-state index in [4.69, 9.17) is 0 Å². The number of amides is 1. The van der Waals surface area contributed by atoms with Crippen LogP contribution in [0.5, 0.6) is 0 Å². The first-order valence-corrected chi connectivity index (χ1v) is 6.12. The molecule has 0 fully saturated rings. The highest BCUT2D eigenvalue weighted by atomic mass is 16.2. The fourth-order valence-electron chi connectivity index (χ4n) is 2.30. The van der Waals surface area contributed by atoms with Gasteiger partial charge in [0, 0.05) is 38.2 Å². The fourth-order valence-corrected chi connectivity index (χ4v) is 2.30. The molecule has 92 valence electrons. The molecule has 4 nitrogen and oxygen atoms in total. The first kappa shape index (κ1) is 11.0. The molecule has 3 rings (SSSR count). The third kappa shape index (κ3) is 1.90. The Morgan fingerprint density at radius 2 is 2.06 bits per heavy atom. The number of fused-ring (bicyclic) bond motifs is 1. The van der Waals surface area contributed by atoms with Crippen LogP contribution in [0.3, 0.4) is 0 Å². The lowest BCUT2D eigenvalue weighted by molar-refractivity contribution is -0.129. The van der Waals surface area contributed by atoms with Crippen molar-refractivity contribution in [3.8, 4) is 5.69 Å². The lowest BCUT2D eigenvalue weighted by Crippen LogP contribution is -2.33. The van der Waals surface area contributed by atoms with Gasteiger partial charge >= 0.3 is 0 Å². The molecule has 0 aliphatic carbocycles. The maximum Gasteiger partial charge on any atom is 0.219 e. The minimum absolute atomic E-state index is 0.133. The third-order valence-electron chi connectivity index (χ3n) is 3.32. The van der Waals surface area contributed by atoms with E-state index in [0.717, 1.165) is 29.9 Å². The molecule has 18 heavy (non-hydrogen) atoms. The summed E-state index contributed by atoms with van der Waals surface area (Å²) in [5.74, 6) is 0.133. The molecule has 0 atom stereocenters. The zero-order valence-corrected chi connectivity index (χ0v) is 10.3. The predicted molar refractivity (Wildman–Crippen MR) is 68.4 cm³/mol.